The average molecular weight is 509 g/mol. The first-order valence-electron chi connectivity index (χ1n) is 14.1. The van der Waals surface area contributed by atoms with E-state index in [-0.39, 0.29) is 11.3 Å². The van der Waals surface area contributed by atoms with Crippen LogP contribution in [-0.4, -0.2) is 26.1 Å². The second-order valence-corrected chi connectivity index (χ2v) is 11.5. The molecule has 0 aromatic heterocycles. The fourth-order valence-electron chi connectivity index (χ4n) is 5.12. The molecular weight excluding hydrogens is 460 g/mol. The highest BCUT2D eigenvalue weighted by Crippen LogP contribution is 2.40. The predicted octanol–water partition coefficient (Wildman–Crippen LogP) is 9.05. The summed E-state index contributed by atoms with van der Waals surface area (Å²) in [6.07, 6.45) is 8.62. The van der Waals surface area contributed by atoms with Gasteiger partial charge < -0.3 is 18.9 Å². The highest BCUT2D eigenvalue weighted by molar-refractivity contribution is 5.45. The normalized spacial score (nSPS) is 16.1. The van der Waals surface area contributed by atoms with Crippen LogP contribution < -0.4 is 14.2 Å². The van der Waals surface area contributed by atoms with Crippen LogP contribution in [0, 0.1) is 5.41 Å². The molecule has 0 N–H and O–H groups in total. The Kier molecular flexibility index (Phi) is 10.9. The molecule has 0 amide bonds. The Morgan fingerprint density at radius 3 is 2.24 bits per heavy atom. The third kappa shape index (κ3) is 9.10. The third-order valence-electron chi connectivity index (χ3n) is 7.01. The Balaban J connectivity index is 1.52. The van der Waals surface area contributed by atoms with Crippen LogP contribution in [0.4, 0.5) is 0 Å². The van der Waals surface area contributed by atoms with Gasteiger partial charge in [-0.1, -0.05) is 69.9 Å². The van der Waals surface area contributed by atoms with Crippen LogP contribution in [0.15, 0.2) is 54.1 Å². The fourth-order valence-corrected chi connectivity index (χ4v) is 5.12. The van der Waals surface area contributed by atoms with E-state index in [9.17, 15) is 0 Å². The average Bonchev–Trinajstić information content (AvgIpc) is 2.86. The largest absolute Gasteiger partial charge is 0.491 e. The lowest BCUT2D eigenvalue weighted by Crippen LogP contribution is -2.20. The monoisotopic (exact) mass is 508 g/mol. The van der Waals surface area contributed by atoms with Gasteiger partial charge in [-0.15, -0.1) is 0 Å². The molecule has 0 heterocycles. The molecule has 204 valence electrons. The first kappa shape index (κ1) is 29.1. The summed E-state index contributed by atoms with van der Waals surface area (Å²) in [5, 5.41) is 0. The van der Waals surface area contributed by atoms with Crippen LogP contribution in [0.3, 0.4) is 0 Å². The maximum absolute atomic E-state index is 6.12. The molecule has 1 fully saturated rings. The van der Waals surface area contributed by atoms with Gasteiger partial charge in [-0.3, -0.25) is 0 Å². The highest BCUT2D eigenvalue weighted by Gasteiger charge is 2.25. The van der Waals surface area contributed by atoms with Crippen LogP contribution in [0.5, 0.6) is 17.2 Å². The van der Waals surface area contributed by atoms with Gasteiger partial charge in [-0.2, -0.15) is 0 Å². The van der Waals surface area contributed by atoms with Gasteiger partial charge in [-0.25, -0.2) is 0 Å². The SMILES string of the molecule is CCOc1cc(C(C=C(C)C)C(C)(C)C)ccc1OC(C)OCCOc1ccc(C2CCCCC2)cc1. The zero-order valence-electron chi connectivity index (χ0n) is 24.1. The summed E-state index contributed by atoms with van der Waals surface area (Å²) >= 11 is 0. The summed E-state index contributed by atoms with van der Waals surface area (Å²) in [6.45, 7) is 16.5. The first-order chi connectivity index (χ1) is 17.7. The van der Waals surface area contributed by atoms with Gasteiger partial charge in [0, 0.05) is 5.92 Å². The van der Waals surface area contributed by atoms with Gasteiger partial charge in [0.05, 0.1) is 13.2 Å². The van der Waals surface area contributed by atoms with Gasteiger partial charge in [0.25, 0.3) is 0 Å². The summed E-state index contributed by atoms with van der Waals surface area (Å²) < 4.78 is 23.9. The van der Waals surface area contributed by atoms with Crippen LogP contribution in [0.1, 0.15) is 104 Å². The van der Waals surface area contributed by atoms with Gasteiger partial charge in [0.2, 0.25) is 0 Å². The molecule has 4 nitrogen and oxygen atoms in total. The zero-order valence-corrected chi connectivity index (χ0v) is 24.1. The van der Waals surface area contributed by atoms with Gasteiger partial charge in [0.15, 0.2) is 17.8 Å². The molecule has 0 bridgehead atoms. The number of benzene rings is 2. The fraction of sp³-hybridized carbons (Fsp3) is 0.576. The van der Waals surface area contributed by atoms with Gasteiger partial charge in [-0.05, 0) is 87.3 Å². The summed E-state index contributed by atoms with van der Waals surface area (Å²) in [5.41, 5.74) is 4.06. The van der Waals surface area contributed by atoms with E-state index >= 15 is 0 Å². The van der Waals surface area contributed by atoms with E-state index in [1.807, 2.05) is 19.9 Å². The van der Waals surface area contributed by atoms with Crippen LogP contribution in [0.2, 0.25) is 0 Å². The van der Waals surface area contributed by atoms with Crippen molar-refractivity contribution in [2.45, 2.75) is 98.7 Å². The molecule has 1 saturated carbocycles. The van der Waals surface area contributed by atoms with Crippen molar-refractivity contribution in [2.75, 3.05) is 19.8 Å². The summed E-state index contributed by atoms with van der Waals surface area (Å²) in [5.74, 6) is 3.33. The molecule has 0 spiro atoms. The van der Waals surface area contributed by atoms with Crippen molar-refractivity contribution in [1.82, 2.24) is 0 Å². The lowest BCUT2D eigenvalue weighted by molar-refractivity contribution is -0.0749. The molecular formula is C33H48O4. The molecule has 0 radical (unpaired) electrons. The molecule has 2 atom stereocenters. The minimum Gasteiger partial charge on any atom is -0.491 e. The number of allylic oxidation sites excluding steroid dienone is 2. The Labute approximate surface area is 225 Å². The Morgan fingerprint density at radius 2 is 1.62 bits per heavy atom. The van der Waals surface area contributed by atoms with Crippen molar-refractivity contribution < 1.29 is 18.9 Å². The maximum atomic E-state index is 6.12. The quantitative estimate of drug-likeness (QED) is 0.163. The van der Waals surface area contributed by atoms with E-state index in [0.29, 0.717) is 31.5 Å². The van der Waals surface area contributed by atoms with Crippen molar-refractivity contribution in [1.29, 1.82) is 0 Å². The Hall–Kier alpha value is -2.46. The van der Waals surface area contributed by atoms with E-state index in [2.05, 4.69) is 77.1 Å². The van der Waals surface area contributed by atoms with Crippen LogP contribution in [0.25, 0.3) is 0 Å². The lowest BCUT2D eigenvalue weighted by atomic mass is 9.75. The predicted molar refractivity (Wildman–Crippen MR) is 153 cm³/mol. The minimum atomic E-state index is -0.418. The molecule has 1 aliphatic carbocycles. The Bertz CT molecular complexity index is 976. The van der Waals surface area contributed by atoms with E-state index in [1.165, 1.54) is 48.8 Å². The highest BCUT2D eigenvalue weighted by atomic mass is 16.7. The molecule has 2 aromatic carbocycles. The lowest BCUT2D eigenvalue weighted by Gasteiger charge is -2.30. The van der Waals surface area contributed by atoms with Crippen molar-refractivity contribution in [3.8, 4) is 17.2 Å². The molecule has 0 saturated heterocycles. The Morgan fingerprint density at radius 1 is 0.919 bits per heavy atom. The second kappa shape index (κ2) is 13.9. The van der Waals surface area contributed by atoms with Crippen LogP contribution >= 0.6 is 0 Å². The van der Waals surface area contributed by atoms with E-state index in [0.717, 1.165) is 11.5 Å². The molecule has 4 heteroatoms. The molecule has 37 heavy (non-hydrogen) atoms. The number of hydrogen-bond donors (Lipinski definition) is 0. The van der Waals surface area contributed by atoms with Crippen molar-refractivity contribution in [2.24, 2.45) is 5.41 Å². The zero-order chi connectivity index (χ0) is 26.8. The van der Waals surface area contributed by atoms with E-state index < -0.39 is 6.29 Å². The number of ether oxygens (including phenoxy) is 4. The van der Waals surface area contributed by atoms with Crippen molar-refractivity contribution >= 4 is 0 Å². The number of hydrogen-bond acceptors (Lipinski definition) is 4. The third-order valence-corrected chi connectivity index (χ3v) is 7.01. The standard InChI is InChI=1S/C33H48O4/c1-8-34-32-23-28(30(22-24(2)3)33(5,6)7)16-19-31(32)37-25(4)35-20-21-36-29-17-14-27(15-18-29)26-12-10-9-11-13-26/h14-19,22-23,25-26,30H,8-13,20-21H2,1-7H3. The molecule has 0 aliphatic heterocycles. The summed E-state index contributed by atoms with van der Waals surface area (Å²) in [4.78, 5) is 0. The maximum Gasteiger partial charge on any atom is 0.197 e. The van der Waals surface area contributed by atoms with Crippen LogP contribution in [-0.2, 0) is 4.74 Å². The second-order valence-electron chi connectivity index (χ2n) is 11.5. The van der Waals surface area contributed by atoms with Gasteiger partial charge >= 0.3 is 0 Å². The number of rotatable bonds is 12. The topological polar surface area (TPSA) is 36.9 Å². The van der Waals surface area contributed by atoms with E-state index in [4.69, 9.17) is 18.9 Å². The molecule has 3 rings (SSSR count). The molecule has 2 aromatic rings. The van der Waals surface area contributed by atoms with Gasteiger partial charge in [0.1, 0.15) is 12.4 Å². The smallest absolute Gasteiger partial charge is 0.197 e. The summed E-state index contributed by atoms with van der Waals surface area (Å²) in [7, 11) is 0. The summed E-state index contributed by atoms with van der Waals surface area (Å²) in [6, 6.07) is 14.9. The molecule has 2 unspecified atom stereocenters. The molecule has 1 aliphatic rings. The minimum absolute atomic E-state index is 0.0930. The van der Waals surface area contributed by atoms with Crippen molar-refractivity contribution in [3.63, 3.8) is 0 Å². The van der Waals surface area contributed by atoms with Crippen molar-refractivity contribution in [3.05, 3.63) is 65.2 Å². The van der Waals surface area contributed by atoms with E-state index in [1.54, 1.807) is 0 Å². The first-order valence-corrected chi connectivity index (χ1v) is 14.1.